The highest BCUT2D eigenvalue weighted by atomic mass is 32.2. The van der Waals surface area contributed by atoms with Crippen LogP contribution >= 0.6 is 0 Å². The van der Waals surface area contributed by atoms with Crippen molar-refractivity contribution in [2.24, 2.45) is 0 Å². The van der Waals surface area contributed by atoms with Gasteiger partial charge in [-0.25, -0.2) is 17.9 Å². The van der Waals surface area contributed by atoms with Crippen molar-refractivity contribution in [3.05, 3.63) is 59.7 Å². The molecule has 2 N–H and O–H groups in total. The molecule has 1 amide bonds. The van der Waals surface area contributed by atoms with Gasteiger partial charge in [-0.3, -0.25) is 4.79 Å². The first kappa shape index (κ1) is 22.4. The van der Waals surface area contributed by atoms with Gasteiger partial charge in [-0.1, -0.05) is 25.1 Å². The Kier molecular flexibility index (Phi) is 7.74. The predicted molar refractivity (Wildman–Crippen MR) is 107 cm³/mol. The summed E-state index contributed by atoms with van der Waals surface area (Å²) in [6, 6.07) is 12.2. The van der Waals surface area contributed by atoms with E-state index in [1.807, 2.05) is 18.2 Å². The van der Waals surface area contributed by atoms with E-state index in [1.165, 1.54) is 24.3 Å². The minimum absolute atomic E-state index is 0.0410. The smallest absolute Gasteiger partial charge is 0.338 e. The lowest BCUT2D eigenvalue weighted by Crippen LogP contribution is -2.31. The number of nitrogens with one attached hydrogen (secondary N) is 2. The molecule has 1 unspecified atom stereocenters. The molecule has 0 radical (unpaired) electrons. The highest BCUT2D eigenvalue weighted by molar-refractivity contribution is 7.89. The molecular formula is C20H24N2O6S. The maximum Gasteiger partial charge on any atom is 0.338 e. The van der Waals surface area contributed by atoms with Crippen molar-refractivity contribution in [1.82, 2.24) is 10.0 Å². The van der Waals surface area contributed by atoms with Gasteiger partial charge in [0, 0.05) is 12.1 Å². The number of hydrogen-bond donors (Lipinski definition) is 2. The zero-order valence-corrected chi connectivity index (χ0v) is 17.3. The fourth-order valence-corrected chi connectivity index (χ4v) is 3.68. The van der Waals surface area contributed by atoms with Crippen LogP contribution in [0.4, 0.5) is 0 Å². The molecule has 0 aliphatic heterocycles. The minimum atomic E-state index is -3.60. The van der Waals surface area contributed by atoms with Crippen LogP contribution in [-0.4, -0.2) is 40.6 Å². The highest BCUT2D eigenvalue weighted by Crippen LogP contribution is 2.24. The lowest BCUT2D eigenvalue weighted by atomic mass is 10.1. The summed E-state index contributed by atoms with van der Waals surface area (Å²) in [7, 11) is -2.06. The Balaban J connectivity index is 1.92. The van der Waals surface area contributed by atoms with E-state index in [1.54, 1.807) is 27.0 Å². The number of sulfonamides is 1. The standard InChI is InChI=1S/C20H24N2O6S/c1-4-21-29(25,26)16-11-9-15(10-12-16)20(24)28-13-19(23)22-14(2)17-7-5-6-8-18(17)27-3/h5-12,14,21H,4,13H2,1-3H3,(H,22,23). The molecule has 0 aliphatic rings. The van der Waals surface area contributed by atoms with Crippen LogP contribution in [0, 0.1) is 0 Å². The third kappa shape index (κ3) is 6.03. The molecule has 0 bridgehead atoms. The number of hydrogen-bond acceptors (Lipinski definition) is 6. The average Bonchev–Trinajstić information content (AvgIpc) is 2.72. The number of para-hydroxylation sites is 1. The SMILES string of the molecule is CCNS(=O)(=O)c1ccc(C(=O)OCC(=O)NC(C)c2ccccc2OC)cc1. The second-order valence-corrected chi connectivity index (χ2v) is 7.90. The van der Waals surface area contributed by atoms with Gasteiger partial charge in [0.05, 0.1) is 23.6 Å². The van der Waals surface area contributed by atoms with Crippen LogP contribution in [0.2, 0.25) is 0 Å². The van der Waals surface area contributed by atoms with Crippen LogP contribution in [-0.2, 0) is 19.6 Å². The summed E-state index contributed by atoms with van der Waals surface area (Å²) in [5, 5.41) is 2.74. The number of methoxy groups -OCH3 is 1. The minimum Gasteiger partial charge on any atom is -0.496 e. The van der Waals surface area contributed by atoms with Gasteiger partial charge in [-0.2, -0.15) is 0 Å². The summed E-state index contributed by atoms with van der Waals surface area (Å²) in [6.45, 7) is 3.26. The van der Waals surface area contributed by atoms with Gasteiger partial charge in [-0.15, -0.1) is 0 Å². The van der Waals surface area contributed by atoms with E-state index in [4.69, 9.17) is 9.47 Å². The molecule has 0 fully saturated rings. The van der Waals surface area contributed by atoms with Crippen LogP contribution in [0.15, 0.2) is 53.4 Å². The maximum atomic E-state index is 12.1. The molecule has 0 aromatic heterocycles. The summed E-state index contributed by atoms with van der Waals surface area (Å²) >= 11 is 0. The largest absolute Gasteiger partial charge is 0.496 e. The summed E-state index contributed by atoms with van der Waals surface area (Å²) in [5.74, 6) is -0.550. The van der Waals surface area contributed by atoms with E-state index in [9.17, 15) is 18.0 Å². The Morgan fingerprint density at radius 2 is 1.72 bits per heavy atom. The average molecular weight is 420 g/mol. The van der Waals surface area contributed by atoms with Gasteiger partial charge in [0.25, 0.3) is 5.91 Å². The van der Waals surface area contributed by atoms with Gasteiger partial charge < -0.3 is 14.8 Å². The first-order valence-electron chi connectivity index (χ1n) is 8.97. The highest BCUT2D eigenvalue weighted by Gasteiger charge is 2.17. The quantitative estimate of drug-likeness (QED) is 0.601. The van der Waals surface area contributed by atoms with Crippen molar-refractivity contribution in [1.29, 1.82) is 0 Å². The van der Waals surface area contributed by atoms with E-state index in [0.29, 0.717) is 5.75 Å². The van der Waals surface area contributed by atoms with Crippen LogP contribution < -0.4 is 14.8 Å². The van der Waals surface area contributed by atoms with Crippen LogP contribution in [0.3, 0.4) is 0 Å². The third-order valence-corrected chi connectivity index (χ3v) is 5.61. The Morgan fingerprint density at radius 3 is 2.34 bits per heavy atom. The summed E-state index contributed by atoms with van der Waals surface area (Å²) in [4.78, 5) is 24.2. The second kappa shape index (κ2) is 10.0. The van der Waals surface area contributed by atoms with Crippen molar-refractivity contribution < 1.29 is 27.5 Å². The van der Waals surface area contributed by atoms with Crippen molar-refractivity contribution in [3.63, 3.8) is 0 Å². The second-order valence-electron chi connectivity index (χ2n) is 6.13. The van der Waals surface area contributed by atoms with Gasteiger partial charge in [0.1, 0.15) is 5.75 Å². The number of carbonyl (C=O) groups is 2. The van der Waals surface area contributed by atoms with Gasteiger partial charge in [0.15, 0.2) is 6.61 Å². The molecule has 1 atom stereocenters. The first-order valence-corrected chi connectivity index (χ1v) is 10.5. The molecule has 0 saturated heterocycles. The lowest BCUT2D eigenvalue weighted by molar-refractivity contribution is -0.124. The van der Waals surface area contributed by atoms with Crippen LogP contribution in [0.25, 0.3) is 0 Å². The molecule has 29 heavy (non-hydrogen) atoms. The fourth-order valence-electron chi connectivity index (χ4n) is 2.64. The molecule has 0 heterocycles. The number of amides is 1. The van der Waals surface area contributed by atoms with Gasteiger partial charge >= 0.3 is 5.97 Å². The molecule has 2 rings (SSSR count). The number of carbonyl (C=O) groups excluding carboxylic acids is 2. The molecular weight excluding hydrogens is 396 g/mol. The Morgan fingerprint density at radius 1 is 1.07 bits per heavy atom. The fraction of sp³-hybridized carbons (Fsp3) is 0.300. The first-order chi connectivity index (χ1) is 13.8. The molecule has 8 nitrogen and oxygen atoms in total. The van der Waals surface area contributed by atoms with Gasteiger partial charge in [0.2, 0.25) is 10.0 Å². The number of esters is 1. The molecule has 2 aromatic rings. The molecule has 9 heteroatoms. The molecule has 156 valence electrons. The zero-order chi connectivity index (χ0) is 21.4. The lowest BCUT2D eigenvalue weighted by Gasteiger charge is -2.17. The van der Waals surface area contributed by atoms with E-state index < -0.39 is 28.5 Å². The summed E-state index contributed by atoms with van der Waals surface area (Å²) < 4.78 is 36.4. The van der Waals surface area contributed by atoms with Crippen molar-refractivity contribution >= 4 is 21.9 Å². The Labute approximate surface area is 170 Å². The van der Waals surface area contributed by atoms with Crippen molar-refractivity contribution in [3.8, 4) is 5.75 Å². The Hall–Kier alpha value is -2.91. The van der Waals surface area contributed by atoms with Gasteiger partial charge in [-0.05, 0) is 37.3 Å². The van der Waals surface area contributed by atoms with Crippen LogP contribution in [0.1, 0.15) is 35.8 Å². The predicted octanol–water partition coefficient (Wildman–Crippen LogP) is 2.03. The molecule has 0 aliphatic carbocycles. The summed E-state index contributed by atoms with van der Waals surface area (Å²) in [6.07, 6.45) is 0. The zero-order valence-electron chi connectivity index (χ0n) is 16.5. The number of benzene rings is 2. The topological polar surface area (TPSA) is 111 Å². The number of ether oxygens (including phenoxy) is 2. The van der Waals surface area contributed by atoms with Crippen LogP contribution in [0.5, 0.6) is 5.75 Å². The normalized spacial score (nSPS) is 12.1. The summed E-state index contributed by atoms with van der Waals surface area (Å²) in [5.41, 5.74) is 0.943. The van der Waals surface area contributed by atoms with E-state index >= 15 is 0 Å². The Bertz CT molecular complexity index is 957. The monoisotopic (exact) mass is 420 g/mol. The van der Waals surface area contributed by atoms with E-state index in [0.717, 1.165) is 5.56 Å². The maximum absolute atomic E-state index is 12.1. The third-order valence-electron chi connectivity index (χ3n) is 4.05. The van der Waals surface area contributed by atoms with E-state index in [-0.39, 0.29) is 23.0 Å². The van der Waals surface area contributed by atoms with Crippen molar-refractivity contribution in [2.45, 2.75) is 24.8 Å². The van der Waals surface area contributed by atoms with Crippen molar-refractivity contribution in [2.75, 3.05) is 20.3 Å². The molecule has 0 spiro atoms. The molecule has 0 saturated carbocycles. The molecule has 2 aromatic carbocycles. The number of rotatable bonds is 9. The van der Waals surface area contributed by atoms with E-state index in [2.05, 4.69) is 10.0 Å².